The van der Waals surface area contributed by atoms with Crippen molar-refractivity contribution in [3.05, 3.63) is 42.4 Å². The molecule has 4 heterocycles. The molecule has 9 heteroatoms. The third-order valence-corrected chi connectivity index (χ3v) is 6.15. The van der Waals surface area contributed by atoms with E-state index in [9.17, 15) is 4.79 Å². The maximum Gasteiger partial charge on any atom is 0.410 e. The molecular formula is C26H33N5O4. The Labute approximate surface area is 205 Å². The lowest BCUT2D eigenvalue weighted by molar-refractivity contribution is 0.0187. The van der Waals surface area contributed by atoms with Gasteiger partial charge in [-0.05, 0) is 59.6 Å². The van der Waals surface area contributed by atoms with E-state index >= 15 is 0 Å². The molecule has 0 saturated carbocycles. The minimum atomic E-state index is -0.533. The number of ether oxygens (including phenoxy) is 3. The van der Waals surface area contributed by atoms with E-state index in [-0.39, 0.29) is 17.7 Å². The van der Waals surface area contributed by atoms with Gasteiger partial charge >= 0.3 is 6.09 Å². The van der Waals surface area contributed by atoms with Gasteiger partial charge < -0.3 is 24.4 Å². The number of hydrogen-bond acceptors (Lipinski definition) is 7. The zero-order valence-corrected chi connectivity index (χ0v) is 21.0. The van der Waals surface area contributed by atoms with E-state index in [4.69, 9.17) is 14.2 Å². The van der Waals surface area contributed by atoms with Crippen molar-refractivity contribution in [3.8, 4) is 11.5 Å². The number of nitrogens with zero attached hydrogens (tertiary/aromatic N) is 4. The predicted octanol–water partition coefficient (Wildman–Crippen LogP) is 4.96. The highest BCUT2D eigenvalue weighted by Gasteiger charge is 2.34. The van der Waals surface area contributed by atoms with Crippen LogP contribution in [0.15, 0.2) is 36.8 Å². The minimum Gasteiger partial charge on any atom is -0.489 e. The lowest BCUT2D eigenvalue weighted by Gasteiger charge is -2.28. The first kappa shape index (κ1) is 23.3. The Bertz CT molecular complexity index is 1250. The standard InChI is InChI=1S/C26H33N5O4/c1-25(2,3)35-24(32)30-10-6-8-18(30)16-33-22-13-21-17(14-26(4,5)34-21)12-19(22)29-20-15-28-31-11-7-9-27-23(20)31/h7,9,11-13,15,18,29H,6,8,10,14,16H2,1-5H3. The first-order valence-electron chi connectivity index (χ1n) is 12.1. The Morgan fingerprint density at radius 1 is 1.29 bits per heavy atom. The van der Waals surface area contributed by atoms with Gasteiger partial charge in [0.2, 0.25) is 0 Å². The van der Waals surface area contributed by atoms with Crippen LogP contribution in [0.1, 0.15) is 53.0 Å². The van der Waals surface area contributed by atoms with Crippen LogP contribution in [0, 0.1) is 0 Å². The fourth-order valence-corrected chi connectivity index (χ4v) is 4.66. The molecule has 1 saturated heterocycles. The SMILES string of the molecule is CC(C)(C)OC(=O)N1CCCC1COc1cc2c(cc1Nc1cnn3cccnc13)CC(C)(C)O2. The zero-order valence-electron chi connectivity index (χ0n) is 21.0. The highest BCUT2D eigenvalue weighted by molar-refractivity contribution is 5.77. The fourth-order valence-electron chi connectivity index (χ4n) is 4.66. The number of nitrogens with one attached hydrogen (secondary N) is 1. The Hall–Kier alpha value is -3.49. The molecule has 1 unspecified atom stereocenters. The van der Waals surface area contributed by atoms with Crippen molar-refractivity contribution in [2.75, 3.05) is 18.5 Å². The molecule has 9 nitrogen and oxygen atoms in total. The van der Waals surface area contributed by atoms with Crippen LogP contribution in [-0.2, 0) is 11.2 Å². The number of anilines is 2. The van der Waals surface area contributed by atoms with Crippen LogP contribution in [0.3, 0.4) is 0 Å². The monoisotopic (exact) mass is 479 g/mol. The Kier molecular flexibility index (Phi) is 5.73. The van der Waals surface area contributed by atoms with E-state index < -0.39 is 5.60 Å². The molecule has 1 fully saturated rings. The summed E-state index contributed by atoms with van der Waals surface area (Å²) in [5.74, 6) is 1.48. The van der Waals surface area contributed by atoms with E-state index in [1.165, 1.54) is 0 Å². The van der Waals surface area contributed by atoms with Crippen molar-refractivity contribution in [3.63, 3.8) is 0 Å². The molecule has 0 spiro atoms. The third-order valence-electron chi connectivity index (χ3n) is 6.15. The summed E-state index contributed by atoms with van der Waals surface area (Å²) in [6.07, 6.45) is 7.65. The van der Waals surface area contributed by atoms with Crippen LogP contribution in [0.4, 0.5) is 16.2 Å². The van der Waals surface area contributed by atoms with Gasteiger partial charge in [0, 0.05) is 37.0 Å². The number of aromatic nitrogens is 3. The van der Waals surface area contributed by atoms with Crippen LogP contribution in [-0.4, -0.2) is 56.0 Å². The van der Waals surface area contributed by atoms with E-state index in [1.807, 2.05) is 39.1 Å². The van der Waals surface area contributed by atoms with Crippen molar-refractivity contribution in [2.24, 2.45) is 0 Å². The largest absolute Gasteiger partial charge is 0.489 e. The van der Waals surface area contributed by atoms with Gasteiger partial charge in [-0.25, -0.2) is 14.3 Å². The first-order valence-corrected chi connectivity index (χ1v) is 12.1. The van der Waals surface area contributed by atoms with E-state index in [0.29, 0.717) is 18.9 Å². The summed E-state index contributed by atoms with van der Waals surface area (Å²) in [6, 6.07) is 5.80. The van der Waals surface area contributed by atoms with E-state index in [1.54, 1.807) is 21.8 Å². The molecule has 1 amide bonds. The van der Waals surface area contributed by atoms with Crippen molar-refractivity contribution < 1.29 is 19.0 Å². The Balaban J connectivity index is 1.39. The number of carbonyl (C=O) groups is 1. The highest BCUT2D eigenvalue weighted by Crippen LogP contribution is 2.42. The van der Waals surface area contributed by atoms with Crippen molar-refractivity contribution in [2.45, 2.75) is 71.1 Å². The van der Waals surface area contributed by atoms with Crippen LogP contribution >= 0.6 is 0 Å². The molecule has 3 aromatic rings. The normalized spacial score (nSPS) is 18.9. The molecule has 1 atom stereocenters. The molecule has 0 bridgehead atoms. The van der Waals surface area contributed by atoms with Gasteiger partial charge in [-0.1, -0.05) is 0 Å². The number of rotatable bonds is 5. The Morgan fingerprint density at radius 3 is 2.91 bits per heavy atom. The number of likely N-dealkylation sites (tertiary alicyclic amines) is 1. The number of hydrogen-bond donors (Lipinski definition) is 1. The fraction of sp³-hybridized carbons (Fsp3) is 0.500. The van der Waals surface area contributed by atoms with Crippen LogP contribution in [0.25, 0.3) is 5.65 Å². The summed E-state index contributed by atoms with van der Waals surface area (Å²) in [5, 5.41) is 7.84. The second-order valence-electron chi connectivity index (χ2n) is 10.8. The van der Waals surface area contributed by atoms with Crippen LogP contribution in [0.5, 0.6) is 11.5 Å². The summed E-state index contributed by atoms with van der Waals surface area (Å²) in [5.41, 5.74) is 2.63. The van der Waals surface area contributed by atoms with Gasteiger partial charge in [-0.2, -0.15) is 5.10 Å². The van der Waals surface area contributed by atoms with E-state index in [0.717, 1.165) is 47.6 Å². The lowest BCUT2D eigenvalue weighted by Crippen LogP contribution is -2.42. The van der Waals surface area contributed by atoms with Gasteiger partial charge in [-0.15, -0.1) is 0 Å². The highest BCUT2D eigenvalue weighted by atomic mass is 16.6. The second kappa shape index (κ2) is 8.62. The number of fused-ring (bicyclic) bond motifs is 2. The molecule has 0 aliphatic carbocycles. The molecule has 1 N–H and O–H groups in total. The van der Waals surface area contributed by atoms with E-state index in [2.05, 4.69) is 35.3 Å². The molecule has 0 radical (unpaired) electrons. The Morgan fingerprint density at radius 2 is 2.11 bits per heavy atom. The zero-order chi connectivity index (χ0) is 24.8. The summed E-state index contributed by atoms with van der Waals surface area (Å²) in [7, 11) is 0. The maximum absolute atomic E-state index is 12.7. The topological polar surface area (TPSA) is 90.2 Å². The first-order chi connectivity index (χ1) is 16.6. The van der Waals surface area contributed by atoms with Gasteiger partial charge in [0.05, 0.1) is 17.9 Å². The molecule has 1 aromatic carbocycles. The van der Waals surface area contributed by atoms with Gasteiger partial charge in [0.15, 0.2) is 5.65 Å². The number of amides is 1. The van der Waals surface area contributed by atoms with Gasteiger partial charge in [-0.3, -0.25) is 0 Å². The molecule has 2 aliphatic rings. The molecule has 2 aromatic heterocycles. The smallest absolute Gasteiger partial charge is 0.410 e. The summed E-state index contributed by atoms with van der Waals surface area (Å²) >= 11 is 0. The quantitative estimate of drug-likeness (QED) is 0.553. The predicted molar refractivity (Wildman–Crippen MR) is 133 cm³/mol. The average molecular weight is 480 g/mol. The van der Waals surface area contributed by atoms with Gasteiger partial charge in [0.1, 0.15) is 35.0 Å². The molecule has 2 aliphatic heterocycles. The summed E-state index contributed by atoms with van der Waals surface area (Å²) < 4.78 is 19.8. The molecule has 35 heavy (non-hydrogen) atoms. The van der Waals surface area contributed by atoms with Crippen molar-refractivity contribution >= 4 is 23.1 Å². The third kappa shape index (κ3) is 4.99. The van der Waals surface area contributed by atoms with Crippen molar-refractivity contribution in [1.29, 1.82) is 0 Å². The maximum atomic E-state index is 12.7. The second-order valence-corrected chi connectivity index (χ2v) is 10.8. The van der Waals surface area contributed by atoms with Crippen LogP contribution in [0.2, 0.25) is 0 Å². The summed E-state index contributed by atoms with van der Waals surface area (Å²) in [4.78, 5) is 18.9. The lowest BCUT2D eigenvalue weighted by atomic mass is 10.0. The molecule has 5 rings (SSSR count). The summed E-state index contributed by atoms with van der Waals surface area (Å²) in [6.45, 7) is 10.8. The van der Waals surface area contributed by atoms with Crippen LogP contribution < -0.4 is 14.8 Å². The average Bonchev–Trinajstić information content (AvgIpc) is 3.47. The number of benzene rings is 1. The molecular weight excluding hydrogens is 446 g/mol. The minimum absolute atomic E-state index is 0.0537. The van der Waals surface area contributed by atoms with Gasteiger partial charge in [0.25, 0.3) is 0 Å². The number of carbonyl (C=O) groups excluding carboxylic acids is 1. The molecule has 186 valence electrons. The van der Waals surface area contributed by atoms with Crippen molar-refractivity contribution in [1.82, 2.24) is 19.5 Å².